The van der Waals surface area contributed by atoms with E-state index in [1.165, 1.54) is 12.1 Å². The number of guanidine groups is 1. The van der Waals surface area contributed by atoms with Crippen molar-refractivity contribution in [2.75, 3.05) is 6.54 Å². The highest BCUT2D eigenvalue weighted by molar-refractivity contribution is 14.0. The minimum Gasteiger partial charge on any atom is -0.370 e. The molecule has 102 valence electrons. The average Bonchev–Trinajstić information content (AvgIpc) is 2.25. The SMILES string of the molecule is CCCCNC(N)=NCc1cc(F)cc(Br)c1.I. The van der Waals surface area contributed by atoms with Crippen LogP contribution in [0, 0.1) is 5.82 Å². The maximum Gasteiger partial charge on any atom is 0.188 e. The van der Waals surface area contributed by atoms with Crippen molar-refractivity contribution in [3.8, 4) is 0 Å². The minimum atomic E-state index is -0.276. The quantitative estimate of drug-likeness (QED) is 0.326. The molecule has 0 aliphatic rings. The summed E-state index contributed by atoms with van der Waals surface area (Å²) in [6.45, 7) is 3.30. The summed E-state index contributed by atoms with van der Waals surface area (Å²) in [4.78, 5) is 4.14. The van der Waals surface area contributed by atoms with Crippen LogP contribution in [0.1, 0.15) is 25.3 Å². The molecule has 6 heteroatoms. The summed E-state index contributed by atoms with van der Waals surface area (Å²) in [5, 5.41) is 3.01. The van der Waals surface area contributed by atoms with Crippen LogP contribution in [0.2, 0.25) is 0 Å². The standard InChI is InChI=1S/C12H17BrFN3.HI/c1-2-3-4-16-12(15)17-8-9-5-10(13)7-11(14)6-9;/h5-7H,2-4,8H2,1H3,(H3,15,16,17);1H. The van der Waals surface area contributed by atoms with Crippen molar-refractivity contribution < 1.29 is 4.39 Å². The number of hydrogen-bond donors (Lipinski definition) is 2. The molecule has 1 aromatic rings. The lowest BCUT2D eigenvalue weighted by Crippen LogP contribution is -2.32. The molecule has 1 aromatic carbocycles. The van der Waals surface area contributed by atoms with Gasteiger partial charge in [-0.25, -0.2) is 9.38 Å². The molecule has 0 heterocycles. The summed E-state index contributed by atoms with van der Waals surface area (Å²) in [7, 11) is 0. The molecule has 0 unspecified atom stereocenters. The number of halogens is 3. The van der Waals surface area contributed by atoms with Gasteiger partial charge in [-0.2, -0.15) is 0 Å². The van der Waals surface area contributed by atoms with Gasteiger partial charge in [-0.1, -0.05) is 29.3 Å². The van der Waals surface area contributed by atoms with Crippen LogP contribution in [0.25, 0.3) is 0 Å². The Balaban J connectivity index is 0.00000289. The van der Waals surface area contributed by atoms with Gasteiger partial charge < -0.3 is 11.1 Å². The zero-order valence-electron chi connectivity index (χ0n) is 10.2. The molecule has 3 N–H and O–H groups in total. The predicted molar refractivity (Wildman–Crippen MR) is 87.8 cm³/mol. The number of nitrogens with zero attached hydrogens (tertiary/aromatic N) is 1. The number of hydrogen-bond acceptors (Lipinski definition) is 1. The summed E-state index contributed by atoms with van der Waals surface area (Å²) < 4.78 is 13.8. The molecule has 0 saturated heterocycles. The van der Waals surface area contributed by atoms with E-state index in [0.29, 0.717) is 17.0 Å². The van der Waals surface area contributed by atoms with E-state index >= 15 is 0 Å². The molecule has 1 rings (SSSR count). The molecular weight excluding hydrogens is 412 g/mol. The van der Waals surface area contributed by atoms with Gasteiger partial charge in [0.25, 0.3) is 0 Å². The van der Waals surface area contributed by atoms with Crippen LogP contribution in [0.4, 0.5) is 4.39 Å². The molecule has 0 bridgehead atoms. The van der Waals surface area contributed by atoms with Gasteiger partial charge in [-0.15, -0.1) is 24.0 Å². The molecule has 0 aromatic heterocycles. The van der Waals surface area contributed by atoms with Gasteiger partial charge in [-0.05, 0) is 30.2 Å². The number of unbranched alkanes of at least 4 members (excludes halogenated alkanes) is 1. The van der Waals surface area contributed by atoms with Gasteiger partial charge in [0, 0.05) is 11.0 Å². The van der Waals surface area contributed by atoms with Crippen molar-refractivity contribution in [1.29, 1.82) is 0 Å². The zero-order chi connectivity index (χ0) is 12.7. The van der Waals surface area contributed by atoms with Gasteiger partial charge in [0.05, 0.1) is 6.54 Å². The largest absolute Gasteiger partial charge is 0.370 e. The normalized spacial score (nSPS) is 10.9. The molecule has 0 aliphatic heterocycles. The van der Waals surface area contributed by atoms with E-state index in [1.54, 1.807) is 0 Å². The van der Waals surface area contributed by atoms with Crippen molar-refractivity contribution in [2.45, 2.75) is 26.3 Å². The van der Waals surface area contributed by atoms with Crippen molar-refractivity contribution in [3.05, 3.63) is 34.1 Å². The summed E-state index contributed by atoms with van der Waals surface area (Å²) >= 11 is 3.24. The predicted octanol–water partition coefficient (Wildman–Crippen LogP) is 3.41. The van der Waals surface area contributed by atoms with Crippen LogP contribution in [-0.4, -0.2) is 12.5 Å². The first-order chi connectivity index (χ1) is 8.11. The Hall–Kier alpha value is -0.370. The Labute approximate surface area is 133 Å². The minimum absolute atomic E-state index is 0. The van der Waals surface area contributed by atoms with Gasteiger partial charge in [0.1, 0.15) is 5.82 Å². The maximum absolute atomic E-state index is 13.1. The number of aliphatic imine (C=N–C) groups is 1. The van der Waals surface area contributed by atoms with Crippen LogP contribution in [0.15, 0.2) is 27.7 Å². The van der Waals surface area contributed by atoms with Crippen LogP contribution in [0.5, 0.6) is 0 Å². The molecule has 18 heavy (non-hydrogen) atoms. The molecule has 0 amide bonds. The molecule has 0 spiro atoms. The Bertz CT molecular complexity index is 379. The lowest BCUT2D eigenvalue weighted by Gasteiger charge is -2.04. The summed E-state index contributed by atoms with van der Waals surface area (Å²) in [5.41, 5.74) is 6.46. The van der Waals surface area contributed by atoms with E-state index in [0.717, 1.165) is 24.9 Å². The smallest absolute Gasteiger partial charge is 0.188 e. The molecular formula is C12H18BrFIN3. The number of benzene rings is 1. The maximum atomic E-state index is 13.1. The van der Waals surface area contributed by atoms with E-state index in [9.17, 15) is 4.39 Å². The van der Waals surface area contributed by atoms with Crippen LogP contribution < -0.4 is 11.1 Å². The molecule has 0 saturated carbocycles. The number of rotatable bonds is 5. The molecule has 0 aliphatic carbocycles. The van der Waals surface area contributed by atoms with E-state index in [-0.39, 0.29) is 29.8 Å². The first-order valence-electron chi connectivity index (χ1n) is 5.60. The second-order valence-corrected chi connectivity index (χ2v) is 4.68. The second-order valence-electron chi connectivity index (χ2n) is 3.76. The second kappa shape index (κ2) is 9.55. The zero-order valence-corrected chi connectivity index (χ0v) is 14.2. The average molecular weight is 430 g/mol. The van der Waals surface area contributed by atoms with Crippen LogP contribution in [0.3, 0.4) is 0 Å². The summed E-state index contributed by atoms with van der Waals surface area (Å²) in [6.07, 6.45) is 2.17. The van der Waals surface area contributed by atoms with E-state index in [4.69, 9.17) is 5.73 Å². The lowest BCUT2D eigenvalue weighted by molar-refractivity contribution is 0.624. The highest BCUT2D eigenvalue weighted by Gasteiger charge is 1.98. The van der Waals surface area contributed by atoms with E-state index in [2.05, 4.69) is 33.2 Å². The van der Waals surface area contributed by atoms with Gasteiger partial charge in [0.15, 0.2) is 5.96 Å². The first kappa shape index (κ1) is 17.6. The van der Waals surface area contributed by atoms with Crippen LogP contribution in [-0.2, 0) is 6.54 Å². The summed E-state index contributed by atoms with van der Waals surface area (Å²) in [5.74, 6) is 0.126. The third kappa shape index (κ3) is 7.15. The molecule has 0 radical (unpaired) electrons. The fourth-order valence-corrected chi connectivity index (χ4v) is 1.84. The number of nitrogens with two attached hydrogens (primary N) is 1. The van der Waals surface area contributed by atoms with Crippen LogP contribution >= 0.6 is 39.9 Å². The van der Waals surface area contributed by atoms with E-state index in [1.807, 2.05) is 6.07 Å². The Morgan fingerprint density at radius 1 is 1.44 bits per heavy atom. The molecule has 3 nitrogen and oxygen atoms in total. The van der Waals surface area contributed by atoms with Crippen molar-refractivity contribution in [3.63, 3.8) is 0 Å². The lowest BCUT2D eigenvalue weighted by atomic mass is 10.2. The van der Waals surface area contributed by atoms with Crippen molar-refractivity contribution in [2.24, 2.45) is 10.7 Å². The summed E-state index contributed by atoms with van der Waals surface area (Å²) in [6, 6.07) is 4.69. The van der Waals surface area contributed by atoms with Crippen molar-refractivity contribution in [1.82, 2.24) is 5.32 Å². The first-order valence-corrected chi connectivity index (χ1v) is 6.40. The Morgan fingerprint density at radius 2 is 2.17 bits per heavy atom. The topological polar surface area (TPSA) is 50.4 Å². The number of nitrogens with one attached hydrogen (secondary N) is 1. The third-order valence-electron chi connectivity index (χ3n) is 2.19. The fraction of sp³-hybridized carbons (Fsp3) is 0.417. The molecule has 0 fully saturated rings. The van der Waals surface area contributed by atoms with Gasteiger partial charge in [-0.3, -0.25) is 0 Å². The van der Waals surface area contributed by atoms with Gasteiger partial charge in [0.2, 0.25) is 0 Å². The highest BCUT2D eigenvalue weighted by Crippen LogP contribution is 2.15. The highest BCUT2D eigenvalue weighted by atomic mass is 127. The van der Waals surface area contributed by atoms with E-state index < -0.39 is 0 Å². The Morgan fingerprint density at radius 3 is 2.78 bits per heavy atom. The van der Waals surface area contributed by atoms with Gasteiger partial charge >= 0.3 is 0 Å². The van der Waals surface area contributed by atoms with Crippen molar-refractivity contribution >= 4 is 45.9 Å². The third-order valence-corrected chi connectivity index (χ3v) is 2.65. The molecule has 0 atom stereocenters. The monoisotopic (exact) mass is 429 g/mol. The Kier molecular flexibility index (Phi) is 9.35. The fourth-order valence-electron chi connectivity index (χ4n) is 1.33.